The van der Waals surface area contributed by atoms with Crippen molar-refractivity contribution < 1.29 is 14.3 Å². The van der Waals surface area contributed by atoms with Crippen LogP contribution in [-0.4, -0.2) is 15.5 Å². The molecule has 1 aliphatic rings. The zero-order valence-corrected chi connectivity index (χ0v) is 16.7. The van der Waals surface area contributed by atoms with Crippen LogP contribution in [-0.2, 0) is 0 Å². The van der Waals surface area contributed by atoms with Crippen molar-refractivity contribution in [1.82, 2.24) is 4.57 Å². The number of pyridine rings is 1. The normalized spacial score (nSPS) is 14.4. The first-order valence-electron chi connectivity index (χ1n) is 9.77. The highest BCUT2D eigenvalue weighted by Crippen LogP contribution is 2.36. The molecule has 1 aliphatic carbocycles. The first kappa shape index (κ1) is 19.0. The molecule has 3 aromatic rings. The van der Waals surface area contributed by atoms with E-state index in [0.29, 0.717) is 11.1 Å². The standard InChI is InChI=1S/C23H22N2O4/c1-12-8-9-18-16(10-12)14(3)21(29-18)20(26)19-13(2)17(11-24)22(27)25(23(19)28)15-6-4-5-7-15/h8-10,15,28H,4-7H2,1-3H3. The summed E-state index contributed by atoms with van der Waals surface area (Å²) in [5.41, 5.74) is 1.80. The minimum absolute atomic E-state index is 0.0353. The molecular formula is C23H22N2O4. The van der Waals surface area contributed by atoms with Crippen molar-refractivity contribution in [3.05, 3.63) is 62.1 Å². The molecule has 0 aliphatic heterocycles. The summed E-state index contributed by atoms with van der Waals surface area (Å²) in [4.78, 5) is 26.3. The fraction of sp³-hybridized carbons (Fsp3) is 0.348. The van der Waals surface area contributed by atoms with Gasteiger partial charge >= 0.3 is 0 Å². The van der Waals surface area contributed by atoms with Gasteiger partial charge < -0.3 is 9.52 Å². The van der Waals surface area contributed by atoms with E-state index >= 15 is 0 Å². The smallest absolute Gasteiger partial charge is 0.271 e. The Labute approximate surface area is 168 Å². The number of aryl methyl sites for hydroxylation is 2. The molecule has 0 amide bonds. The monoisotopic (exact) mass is 390 g/mol. The Morgan fingerprint density at radius 1 is 1.21 bits per heavy atom. The summed E-state index contributed by atoms with van der Waals surface area (Å²) in [7, 11) is 0. The largest absolute Gasteiger partial charge is 0.494 e. The number of hydrogen-bond acceptors (Lipinski definition) is 5. The second-order valence-electron chi connectivity index (χ2n) is 7.81. The third-order valence-corrected chi connectivity index (χ3v) is 5.96. The molecule has 1 aromatic carbocycles. The summed E-state index contributed by atoms with van der Waals surface area (Å²) in [6.07, 6.45) is 3.35. The molecule has 0 bridgehead atoms. The van der Waals surface area contributed by atoms with Crippen molar-refractivity contribution in [3.63, 3.8) is 0 Å². The third-order valence-electron chi connectivity index (χ3n) is 5.96. The molecule has 0 unspecified atom stereocenters. The van der Waals surface area contributed by atoms with Crippen LogP contribution in [0.15, 0.2) is 27.4 Å². The Kier molecular flexibility index (Phi) is 4.54. The summed E-state index contributed by atoms with van der Waals surface area (Å²) >= 11 is 0. The fourth-order valence-electron chi connectivity index (χ4n) is 4.36. The van der Waals surface area contributed by atoms with Crippen LogP contribution in [0.25, 0.3) is 11.0 Å². The average Bonchev–Trinajstić information content (AvgIpc) is 3.31. The van der Waals surface area contributed by atoms with E-state index in [4.69, 9.17) is 4.42 Å². The number of nitrogens with zero attached hydrogens (tertiary/aromatic N) is 2. The minimum Gasteiger partial charge on any atom is -0.494 e. The molecule has 2 heterocycles. The van der Waals surface area contributed by atoms with E-state index in [2.05, 4.69) is 0 Å². The van der Waals surface area contributed by atoms with Crippen LogP contribution in [0.5, 0.6) is 5.88 Å². The van der Waals surface area contributed by atoms with E-state index in [0.717, 1.165) is 36.6 Å². The van der Waals surface area contributed by atoms with Crippen molar-refractivity contribution in [1.29, 1.82) is 5.26 Å². The van der Waals surface area contributed by atoms with Gasteiger partial charge in [0.15, 0.2) is 5.76 Å². The summed E-state index contributed by atoms with van der Waals surface area (Å²) in [5.74, 6) is -0.779. The summed E-state index contributed by atoms with van der Waals surface area (Å²) in [6, 6.07) is 7.36. The molecule has 1 fully saturated rings. The Morgan fingerprint density at radius 2 is 1.90 bits per heavy atom. The highest BCUT2D eigenvalue weighted by molar-refractivity contribution is 6.12. The van der Waals surface area contributed by atoms with Crippen LogP contribution in [0.1, 0.15) is 70.1 Å². The number of carbonyl (C=O) groups excluding carboxylic acids is 1. The Morgan fingerprint density at radius 3 is 2.55 bits per heavy atom. The number of aromatic nitrogens is 1. The van der Waals surface area contributed by atoms with Crippen molar-refractivity contribution in [2.45, 2.75) is 52.5 Å². The highest BCUT2D eigenvalue weighted by Gasteiger charge is 2.31. The molecule has 0 radical (unpaired) electrons. The molecule has 1 N–H and O–H groups in total. The maximum absolute atomic E-state index is 13.4. The van der Waals surface area contributed by atoms with Crippen molar-refractivity contribution in [3.8, 4) is 11.9 Å². The van der Waals surface area contributed by atoms with Crippen LogP contribution in [0.2, 0.25) is 0 Å². The van der Waals surface area contributed by atoms with Gasteiger partial charge in [-0.2, -0.15) is 5.26 Å². The highest BCUT2D eigenvalue weighted by atomic mass is 16.3. The molecule has 0 spiro atoms. The van der Waals surface area contributed by atoms with Gasteiger partial charge in [-0.3, -0.25) is 14.2 Å². The Hall–Kier alpha value is -3.33. The quantitative estimate of drug-likeness (QED) is 0.667. The minimum atomic E-state index is -0.539. The number of benzene rings is 1. The van der Waals surface area contributed by atoms with Gasteiger partial charge in [-0.1, -0.05) is 24.5 Å². The summed E-state index contributed by atoms with van der Waals surface area (Å²) < 4.78 is 7.05. The Bertz CT molecular complexity index is 1250. The van der Waals surface area contributed by atoms with E-state index in [1.165, 1.54) is 11.5 Å². The predicted octanol–water partition coefficient (Wildman–Crippen LogP) is 4.44. The number of carbonyl (C=O) groups is 1. The van der Waals surface area contributed by atoms with Crippen LogP contribution >= 0.6 is 0 Å². The molecule has 29 heavy (non-hydrogen) atoms. The first-order chi connectivity index (χ1) is 13.8. The average molecular weight is 390 g/mol. The molecule has 2 aromatic heterocycles. The first-order valence-corrected chi connectivity index (χ1v) is 9.77. The fourth-order valence-corrected chi connectivity index (χ4v) is 4.36. The van der Waals surface area contributed by atoms with Gasteiger partial charge in [0.2, 0.25) is 11.7 Å². The predicted molar refractivity (Wildman–Crippen MR) is 108 cm³/mol. The lowest BCUT2D eigenvalue weighted by atomic mass is 9.97. The lowest BCUT2D eigenvalue weighted by Crippen LogP contribution is -2.29. The van der Waals surface area contributed by atoms with Gasteiger partial charge in [-0.25, -0.2) is 0 Å². The molecule has 6 heteroatoms. The van der Waals surface area contributed by atoms with E-state index in [1.807, 2.05) is 25.1 Å². The molecular weight excluding hydrogens is 368 g/mol. The maximum atomic E-state index is 13.4. The summed E-state index contributed by atoms with van der Waals surface area (Å²) in [6.45, 7) is 5.27. The Balaban J connectivity index is 1.96. The van der Waals surface area contributed by atoms with Crippen molar-refractivity contribution in [2.24, 2.45) is 0 Å². The topological polar surface area (TPSA) is 96.2 Å². The lowest BCUT2D eigenvalue weighted by Gasteiger charge is -2.19. The second-order valence-corrected chi connectivity index (χ2v) is 7.81. The van der Waals surface area contributed by atoms with Crippen molar-refractivity contribution >= 4 is 16.8 Å². The lowest BCUT2D eigenvalue weighted by molar-refractivity contribution is 0.100. The number of furan rings is 1. The third kappa shape index (κ3) is 2.85. The van der Waals surface area contributed by atoms with Crippen LogP contribution in [0.3, 0.4) is 0 Å². The maximum Gasteiger partial charge on any atom is 0.271 e. The number of rotatable bonds is 3. The molecule has 4 rings (SSSR count). The number of hydrogen-bond donors (Lipinski definition) is 1. The molecule has 0 atom stereocenters. The van der Waals surface area contributed by atoms with Crippen LogP contribution < -0.4 is 5.56 Å². The van der Waals surface area contributed by atoms with Crippen LogP contribution in [0, 0.1) is 32.1 Å². The van der Waals surface area contributed by atoms with Gasteiger partial charge in [0, 0.05) is 17.0 Å². The number of aromatic hydroxyl groups is 1. The van der Waals surface area contributed by atoms with E-state index in [1.54, 1.807) is 13.0 Å². The van der Waals surface area contributed by atoms with Gasteiger partial charge in [0.1, 0.15) is 17.2 Å². The van der Waals surface area contributed by atoms with E-state index in [9.17, 15) is 20.0 Å². The molecule has 6 nitrogen and oxygen atoms in total. The van der Waals surface area contributed by atoms with Crippen molar-refractivity contribution in [2.75, 3.05) is 0 Å². The van der Waals surface area contributed by atoms with Gasteiger partial charge in [-0.05, 0) is 51.3 Å². The number of ketones is 1. The van der Waals surface area contributed by atoms with Gasteiger partial charge in [0.25, 0.3) is 5.56 Å². The number of nitriles is 1. The zero-order chi connectivity index (χ0) is 20.9. The van der Waals surface area contributed by atoms with Crippen LogP contribution in [0.4, 0.5) is 0 Å². The van der Waals surface area contributed by atoms with Gasteiger partial charge in [0.05, 0.1) is 5.56 Å². The number of fused-ring (bicyclic) bond motifs is 1. The molecule has 1 saturated carbocycles. The molecule has 0 saturated heterocycles. The second kappa shape index (κ2) is 6.93. The summed E-state index contributed by atoms with van der Waals surface area (Å²) in [5, 5.41) is 21.3. The van der Waals surface area contributed by atoms with Gasteiger partial charge in [-0.15, -0.1) is 0 Å². The molecule has 148 valence electrons. The van der Waals surface area contributed by atoms with E-state index < -0.39 is 11.3 Å². The SMILES string of the molecule is Cc1ccc2oc(C(=O)c3c(C)c(C#N)c(=O)n(C4CCCC4)c3O)c(C)c2c1. The van der Waals surface area contributed by atoms with E-state index in [-0.39, 0.29) is 34.4 Å². The zero-order valence-electron chi connectivity index (χ0n) is 16.7.